The van der Waals surface area contributed by atoms with E-state index in [1.807, 2.05) is 0 Å². The number of carbonyl (C=O) groups excluding carboxylic acids is 1. The fourth-order valence-corrected chi connectivity index (χ4v) is 5.84. The number of allylic oxidation sites excluding steroid dienone is 1. The summed E-state index contributed by atoms with van der Waals surface area (Å²) in [6.45, 7) is 5.82. The molecule has 0 aromatic heterocycles. The van der Waals surface area contributed by atoms with Crippen LogP contribution in [-0.2, 0) is 14.3 Å². The summed E-state index contributed by atoms with van der Waals surface area (Å²) in [6.07, 6.45) is 3.49. The zero-order chi connectivity index (χ0) is 16.6. The van der Waals surface area contributed by atoms with Crippen LogP contribution in [0.3, 0.4) is 0 Å². The minimum absolute atomic E-state index is 0.179. The van der Waals surface area contributed by atoms with Gasteiger partial charge in [0.15, 0.2) is 0 Å². The predicted octanol–water partition coefficient (Wildman–Crippen LogP) is 1.57. The van der Waals surface area contributed by atoms with Crippen LogP contribution in [-0.4, -0.2) is 47.2 Å². The number of fused-ring (bicyclic) bond motifs is 2. The summed E-state index contributed by atoms with van der Waals surface area (Å²) in [7, 11) is 0. The summed E-state index contributed by atoms with van der Waals surface area (Å²) in [5, 5.41) is 21.6. The summed E-state index contributed by atoms with van der Waals surface area (Å²) >= 11 is 0. The van der Waals surface area contributed by atoms with Crippen molar-refractivity contribution in [1.82, 2.24) is 0 Å². The molecule has 128 valence electrons. The van der Waals surface area contributed by atoms with Gasteiger partial charge in [0.05, 0.1) is 18.3 Å². The second-order valence-corrected chi connectivity index (χ2v) is 8.22. The molecule has 4 unspecified atom stereocenters. The van der Waals surface area contributed by atoms with E-state index in [1.54, 1.807) is 0 Å². The van der Waals surface area contributed by atoms with Crippen molar-refractivity contribution in [3.63, 3.8) is 0 Å². The van der Waals surface area contributed by atoms with Crippen LogP contribution < -0.4 is 0 Å². The molecule has 0 aromatic rings. The SMILES string of the molecule is CC(=O)OCC12CCC(C)=CC1O[C@H]1C(O)C(O)[C@]2(C)C12CC2. The predicted molar refractivity (Wildman–Crippen MR) is 82.5 cm³/mol. The third-order valence-electron chi connectivity index (χ3n) is 7.40. The van der Waals surface area contributed by atoms with Gasteiger partial charge in [-0.25, -0.2) is 0 Å². The normalized spacial score (nSPS) is 49.5. The molecule has 1 aliphatic heterocycles. The molecule has 4 aliphatic rings. The lowest BCUT2D eigenvalue weighted by Gasteiger charge is -2.59. The quantitative estimate of drug-likeness (QED) is 0.596. The summed E-state index contributed by atoms with van der Waals surface area (Å²) in [5.41, 5.74) is 0.107. The van der Waals surface area contributed by atoms with E-state index in [-0.39, 0.29) is 30.2 Å². The molecular formula is C18H26O5. The molecule has 2 bridgehead atoms. The molecular weight excluding hydrogens is 296 g/mol. The molecule has 6 atom stereocenters. The van der Waals surface area contributed by atoms with Crippen molar-refractivity contribution < 1.29 is 24.5 Å². The molecule has 3 fully saturated rings. The lowest BCUT2D eigenvalue weighted by molar-refractivity contribution is -0.234. The molecule has 5 heteroatoms. The number of rotatable bonds is 2. The number of aliphatic hydroxyl groups is 2. The highest BCUT2D eigenvalue weighted by Gasteiger charge is 2.82. The Morgan fingerprint density at radius 2 is 2.09 bits per heavy atom. The van der Waals surface area contributed by atoms with Gasteiger partial charge in [-0.15, -0.1) is 0 Å². The Bertz CT molecular complexity index is 580. The van der Waals surface area contributed by atoms with Crippen LogP contribution >= 0.6 is 0 Å². The number of esters is 1. The lowest BCUT2D eigenvalue weighted by atomic mass is 9.50. The molecule has 1 spiro atoms. The molecule has 0 radical (unpaired) electrons. The van der Waals surface area contributed by atoms with E-state index >= 15 is 0 Å². The number of carbonyl (C=O) groups is 1. The smallest absolute Gasteiger partial charge is 0.302 e. The van der Waals surface area contributed by atoms with Gasteiger partial charge >= 0.3 is 5.97 Å². The second-order valence-electron chi connectivity index (χ2n) is 8.22. The highest BCUT2D eigenvalue weighted by Crippen LogP contribution is 2.78. The van der Waals surface area contributed by atoms with Crippen molar-refractivity contribution in [3.8, 4) is 0 Å². The first-order valence-corrected chi connectivity index (χ1v) is 8.61. The van der Waals surface area contributed by atoms with E-state index in [0.717, 1.165) is 25.7 Å². The van der Waals surface area contributed by atoms with Crippen LogP contribution in [0, 0.1) is 16.2 Å². The maximum Gasteiger partial charge on any atom is 0.302 e. The van der Waals surface area contributed by atoms with Gasteiger partial charge in [-0.2, -0.15) is 0 Å². The van der Waals surface area contributed by atoms with Crippen molar-refractivity contribution in [2.45, 2.75) is 70.9 Å². The third kappa shape index (κ3) is 1.66. The molecule has 3 aliphatic carbocycles. The Labute approximate surface area is 136 Å². The molecule has 4 rings (SSSR count). The van der Waals surface area contributed by atoms with Gasteiger partial charge in [-0.1, -0.05) is 18.6 Å². The standard InChI is InChI=1S/C18H26O5/c1-10-4-5-18(9-22-11(2)19)12(8-10)23-15-13(20)14(21)16(18,3)17(15)6-7-17/h8,12-15,20-21H,4-7,9H2,1-3H3/t12?,13?,14?,15-,16+,18?/m0/s1. The van der Waals surface area contributed by atoms with Gasteiger partial charge in [0.2, 0.25) is 0 Å². The molecule has 2 saturated carbocycles. The Balaban J connectivity index is 1.85. The maximum atomic E-state index is 11.5. The van der Waals surface area contributed by atoms with Crippen LogP contribution in [0.5, 0.6) is 0 Å². The van der Waals surface area contributed by atoms with Gasteiger partial charge in [-0.3, -0.25) is 4.79 Å². The van der Waals surface area contributed by atoms with Crippen molar-refractivity contribution >= 4 is 5.97 Å². The van der Waals surface area contributed by atoms with Crippen molar-refractivity contribution in [3.05, 3.63) is 11.6 Å². The minimum Gasteiger partial charge on any atom is -0.465 e. The fraction of sp³-hybridized carbons (Fsp3) is 0.833. The van der Waals surface area contributed by atoms with Crippen molar-refractivity contribution in [2.24, 2.45) is 16.2 Å². The van der Waals surface area contributed by atoms with Crippen molar-refractivity contribution in [1.29, 1.82) is 0 Å². The Kier molecular flexibility index (Phi) is 3.11. The average molecular weight is 322 g/mol. The molecule has 1 heterocycles. The zero-order valence-electron chi connectivity index (χ0n) is 14.0. The first kappa shape index (κ1) is 15.6. The molecule has 0 aromatic carbocycles. The van der Waals surface area contributed by atoms with Crippen LogP contribution in [0.25, 0.3) is 0 Å². The zero-order valence-corrected chi connectivity index (χ0v) is 14.0. The fourth-order valence-electron chi connectivity index (χ4n) is 5.84. The Hall–Kier alpha value is -0.910. The van der Waals surface area contributed by atoms with E-state index in [1.165, 1.54) is 12.5 Å². The molecule has 1 saturated heterocycles. The van der Waals surface area contributed by atoms with Crippen LogP contribution in [0.15, 0.2) is 11.6 Å². The number of hydrogen-bond acceptors (Lipinski definition) is 5. The van der Waals surface area contributed by atoms with E-state index in [4.69, 9.17) is 9.47 Å². The minimum atomic E-state index is -0.865. The third-order valence-corrected chi connectivity index (χ3v) is 7.40. The molecule has 23 heavy (non-hydrogen) atoms. The Morgan fingerprint density at radius 3 is 2.70 bits per heavy atom. The highest BCUT2D eigenvalue weighted by molar-refractivity contribution is 5.66. The first-order chi connectivity index (χ1) is 10.8. The van der Waals surface area contributed by atoms with Gasteiger partial charge in [-0.05, 0) is 32.6 Å². The van der Waals surface area contributed by atoms with E-state index in [2.05, 4.69) is 19.9 Å². The Morgan fingerprint density at radius 1 is 1.39 bits per heavy atom. The number of hydrogen-bond donors (Lipinski definition) is 2. The van der Waals surface area contributed by atoms with E-state index < -0.39 is 23.0 Å². The van der Waals surface area contributed by atoms with Crippen LogP contribution in [0.4, 0.5) is 0 Å². The van der Waals surface area contributed by atoms with Gasteiger partial charge in [0, 0.05) is 23.2 Å². The summed E-state index contributed by atoms with van der Waals surface area (Å²) in [4.78, 5) is 11.5. The average Bonchev–Trinajstić information content (AvgIpc) is 3.28. The highest BCUT2D eigenvalue weighted by atomic mass is 16.5. The van der Waals surface area contributed by atoms with Gasteiger partial charge in [0.1, 0.15) is 12.7 Å². The van der Waals surface area contributed by atoms with E-state index in [9.17, 15) is 15.0 Å². The first-order valence-electron chi connectivity index (χ1n) is 8.61. The topological polar surface area (TPSA) is 76.0 Å². The number of ether oxygens (including phenoxy) is 2. The summed E-state index contributed by atoms with van der Waals surface area (Å²) in [6, 6.07) is 0. The van der Waals surface area contributed by atoms with Gasteiger partial charge in [0.25, 0.3) is 0 Å². The molecule has 0 amide bonds. The largest absolute Gasteiger partial charge is 0.465 e. The number of aliphatic hydroxyl groups excluding tert-OH is 2. The summed E-state index contributed by atoms with van der Waals surface area (Å²) < 4.78 is 11.8. The van der Waals surface area contributed by atoms with Crippen molar-refractivity contribution in [2.75, 3.05) is 6.61 Å². The van der Waals surface area contributed by atoms with Gasteiger partial charge < -0.3 is 19.7 Å². The monoisotopic (exact) mass is 322 g/mol. The maximum absolute atomic E-state index is 11.5. The van der Waals surface area contributed by atoms with Crippen LogP contribution in [0.1, 0.15) is 46.5 Å². The lowest BCUT2D eigenvalue weighted by Crippen LogP contribution is -2.63. The molecule has 5 nitrogen and oxygen atoms in total. The van der Waals surface area contributed by atoms with Crippen LogP contribution in [0.2, 0.25) is 0 Å². The molecule has 2 N–H and O–H groups in total. The van der Waals surface area contributed by atoms with E-state index in [0.29, 0.717) is 0 Å². The summed E-state index contributed by atoms with van der Waals surface area (Å²) in [5.74, 6) is -0.312. The second kappa shape index (κ2) is 4.58.